The molecule has 35 heavy (non-hydrogen) atoms. The standard InChI is InChI=1S/C27H32N4O4/c1-6-35-20-12-10-19(11-13-20)23-21(25(33)27(34)31(23)16-8-14-29(4)5)24(32)22-18(3)30-15-7-9-17(2)26(30)28-22/h7,9-13,15,23,32H,6,8,14,16H2,1-5H3. The predicted octanol–water partition coefficient (Wildman–Crippen LogP) is 3.72. The van der Waals surface area contributed by atoms with Gasteiger partial charge in [-0.15, -0.1) is 0 Å². The van der Waals surface area contributed by atoms with Gasteiger partial charge in [0.15, 0.2) is 5.76 Å². The lowest BCUT2D eigenvalue weighted by molar-refractivity contribution is -0.139. The fourth-order valence-electron chi connectivity index (χ4n) is 4.60. The number of hydrogen-bond acceptors (Lipinski definition) is 6. The van der Waals surface area contributed by atoms with Crippen LogP contribution >= 0.6 is 0 Å². The molecule has 1 aliphatic rings. The quantitative estimate of drug-likeness (QED) is 0.303. The smallest absolute Gasteiger partial charge is 0.295 e. The number of nitrogens with zero attached hydrogens (tertiary/aromatic N) is 4. The molecule has 1 aliphatic heterocycles. The van der Waals surface area contributed by atoms with Gasteiger partial charge in [0.1, 0.15) is 17.1 Å². The molecular formula is C27H32N4O4. The molecule has 8 nitrogen and oxygen atoms in total. The van der Waals surface area contributed by atoms with Crippen molar-refractivity contribution in [3.05, 3.63) is 70.7 Å². The summed E-state index contributed by atoms with van der Waals surface area (Å²) in [5, 5.41) is 11.5. The maximum atomic E-state index is 13.3. The fourth-order valence-corrected chi connectivity index (χ4v) is 4.60. The molecule has 1 aromatic carbocycles. The summed E-state index contributed by atoms with van der Waals surface area (Å²) >= 11 is 0. The summed E-state index contributed by atoms with van der Waals surface area (Å²) in [6.45, 7) is 7.38. The summed E-state index contributed by atoms with van der Waals surface area (Å²) in [7, 11) is 3.93. The van der Waals surface area contributed by atoms with Crippen LogP contribution < -0.4 is 4.74 Å². The molecule has 0 radical (unpaired) electrons. The van der Waals surface area contributed by atoms with Gasteiger partial charge < -0.3 is 24.0 Å². The number of fused-ring (bicyclic) bond motifs is 1. The van der Waals surface area contributed by atoms with E-state index in [1.807, 2.05) is 86.8 Å². The Hall–Kier alpha value is -3.65. The molecular weight excluding hydrogens is 444 g/mol. The molecule has 1 unspecified atom stereocenters. The molecule has 3 heterocycles. The van der Waals surface area contributed by atoms with E-state index in [4.69, 9.17) is 4.74 Å². The number of aromatic nitrogens is 2. The summed E-state index contributed by atoms with van der Waals surface area (Å²) in [6.07, 6.45) is 2.56. The topological polar surface area (TPSA) is 87.4 Å². The van der Waals surface area contributed by atoms with Gasteiger partial charge in [-0.3, -0.25) is 9.59 Å². The molecule has 0 aliphatic carbocycles. The Kier molecular flexibility index (Phi) is 6.93. The average molecular weight is 477 g/mol. The minimum atomic E-state index is -0.710. The molecule has 0 bridgehead atoms. The van der Waals surface area contributed by atoms with Gasteiger partial charge in [-0.1, -0.05) is 18.2 Å². The van der Waals surface area contributed by atoms with Gasteiger partial charge in [-0.05, 0) is 77.2 Å². The number of hydrogen-bond donors (Lipinski definition) is 1. The molecule has 184 valence electrons. The van der Waals surface area contributed by atoms with Crippen LogP contribution in [0.5, 0.6) is 5.75 Å². The average Bonchev–Trinajstić information content (AvgIpc) is 3.30. The molecule has 1 amide bonds. The van der Waals surface area contributed by atoms with Crippen LogP contribution in [0.4, 0.5) is 0 Å². The Balaban J connectivity index is 1.85. The summed E-state index contributed by atoms with van der Waals surface area (Å²) in [6, 6.07) is 10.5. The molecule has 1 saturated heterocycles. The van der Waals surface area contributed by atoms with Crippen LogP contribution in [0, 0.1) is 13.8 Å². The molecule has 2 aromatic heterocycles. The summed E-state index contributed by atoms with van der Waals surface area (Å²) < 4.78 is 7.44. The van der Waals surface area contributed by atoms with Crippen molar-refractivity contribution in [2.75, 3.05) is 33.8 Å². The highest BCUT2D eigenvalue weighted by molar-refractivity contribution is 6.46. The first-order valence-electron chi connectivity index (χ1n) is 11.8. The van der Waals surface area contributed by atoms with Crippen molar-refractivity contribution in [3.63, 3.8) is 0 Å². The number of benzene rings is 1. The van der Waals surface area contributed by atoms with Gasteiger partial charge in [0, 0.05) is 12.7 Å². The zero-order valence-corrected chi connectivity index (χ0v) is 20.9. The third-order valence-corrected chi connectivity index (χ3v) is 6.36. The Morgan fingerprint density at radius 1 is 1.14 bits per heavy atom. The number of ketones is 1. The number of amides is 1. The fraction of sp³-hybridized carbons (Fsp3) is 0.370. The minimum Gasteiger partial charge on any atom is -0.505 e. The Labute approximate surface area is 205 Å². The molecule has 1 N–H and O–H groups in total. The number of carbonyl (C=O) groups is 2. The van der Waals surface area contributed by atoms with Crippen LogP contribution in [-0.2, 0) is 9.59 Å². The predicted molar refractivity (Wildman–Crippen MR) is 134 cm³/mol. The molecule has 0 saturated carbocycles. The lowest BCUT2D eigenvalue weighted by atomic mass is 9.96. The number of carbonyl (C=O) groups excluding carboxylic acids is 2. The van der Waals surface area contributed by atoms with Crippen LogP contribution in [-0.4, -0.2) is 69.8 Å². The van der Waals surface area contributed by atoms with Crippen LogP contribution in [0.3, 0.4) is 0 Å². The van der Waals surface area contributed by atoms with Crippen LogP contribution in [0.15, 0.2) is 48.2 Å². The number of ether oxygens (including phenoxy) is 1. The SMILES string of the molecule is CCOc1ccc(C2C(=C(O)c3nc4c(C)cccn4c3C)C(=O)C(=O)N2CCCN(C)C)cc1. The monoisotopic (exact) mass is 476 g/mol. The minimum absolute atomic E-state index is 0.0631. The lowest BCUT2D eigenvalue weighted by Gasteiger charge is -2.26. The summed E-state index contributed by atoms with van der Waals surface area (Å²) in [4.78, 5) is 34.7. The van der Waals surface area contributed by atoms with Crippen molar-refractivity contribution in [1.82, 2.24) is 19.2 Å². The van der Waals surface area contributed by atoms with E-state index in [1.165, 1.54) is 0 Å². The second-order valence-electron chi connectivity index (χ2n) is 9.08. The third kappa shape index (κ3) is 4.53. The lowest BCUT2D eigenvalue weighted by Crippen LogP contribution is -2.32. The number of aryl methyl sites for hydroxylation is 2. The summed E-state index contributed by atoms with van der Waals surface area (Å²) in [5.41, 5.74) is 3.45. The number of Topliss-reactive ketones (excluding diaryl/α,β-unsaturated/α-hetero) is 1. The third-order valence-electron chi connectivity index (χ3n) is 6.36. The first-order chi connectivity index (χ1) is 16.7. The number of aliphatic hydroxyl groups excluding tert-OH is 1. The second kappa shape index (κ2) is 9.92. The maximum absolute atomic E-state index is 13.3. The molecule has 8 heteroatoms. The molecule has 1 atom stereocenters. The number of aliphatic hydroxyl groups is 1. The normalized spacial score (nSPS) is 17.7. The molecule has 1 fully saturated rings. The van der Waals surface area contributed by atoms with Crippen molar-refractivity contribution in [1.29, 1.82) is 0 Å². The summed E-state index contributed by atoms with van der Waals surface area (Å²) in [5.74, 6) is -0.855. The van der Waals surface area contributed by atoms with Crippen LogP contribution in [0.25, 0.3) is 11.4 Å². The van der Waals surface area contributed by atoms with E-state index in [-0.39, 0.29) is 11.3 Å². The highest BCUT2D eigenvalue weighted by Crippen LogP contribution is 2.40. The van der Waals surface area contributed by atoms with E-state index in [0.29, 0.717) is 42.4 Å². The number of imidazole rings is 1. The van der Waals surface area contributed by atoms with Crippen molar-refractivity contribution < 1.29 is 19.4 Å². The van der Waals surface area contributed by atoms with Crippen LogP contribution in [0.1, 0.15) is 41.9 Å². The van der Waals surface area contributed by atoms with Crippen molar-refractivity contribution >= 4 is 23.1 Å². The Morgan fingerprint density at radius 3 is 2.49 bits per heavy atom. The second-order valence-corrected chi connectivity index (χ2v) is 9.08. The largest absolute Gasteiger partial charge is 0.505 e. The first-order valence-corrected chi connectivity index (χ1v) is 11.8. The van der Waals surface area contributed by atoms with Gasteiger partial charge in [0.05, 0.1) is 23.9 Å². The van der Waals surface area contributed by atoms with Gasteiger partial charge in [-0.25, -0.2) is 4.98 Å². The van der Waals surface area contributed by atoms with E-state index in [0.717, 1.165) is 17.7 Å². The molecule has 4 rings (SSSR count). The first kappa shape index (κ1) is 24.5. The maximum Gasteiger partial charge on any atom is 0.295 e. The highest BCUT2D eigenvalue weighted by atomic mass is 16.5. The number of pyridine rings is 1. The van der Waals surface area contributed by atoms with Crippen molar-refractivity contribution in [2.24, 2.45) is 0 Å². The van der Waals surface area contributed by atoms with Gasteiger partial charge >= 0.3 is 0 Å². The van der Waals surface area contributed by atoms with Crippen molar-refractivity contribution in [3.8, 4) is 5.75 Å². The van der Waals surface area contributed by atoms with Crippen molar-refractivity contribution in [2.45, 2.75) is 33.2 Å². The van der Waals surface area contributed by atoms with E-state index >= 15 is 0 Å². The van der Waals surface area contributed by atoms with E-state index in [2.05, 4.69) is 4.98 Å². The van der Waals surface area contributed by atoms with E-state index < -0.39 is 17.7 Å². The highest BCUT2D eigenvalue weighted by Gasteiger charge is 2.46. The van der Waals surface area contributed by atoms with Gasteiger partial charge in [0.2, 0.25) is 0 Å². The molecule has 0 spiro atoms. The number of likely N-dealkylation sites (tertiary alicyclic amines) is 1. The number of rotatable bonds is 8. The Morgan fingerprint density at radius 2 is 1.86 bits per heavy atom. The van der Waals surface area contributed by atoms with Crippen LogP contribution in [0.2, 0.25) is 0 Å². The van der Waals surface area contributed by atoms with Gasteiger partial charge in [-0.2, -0.15) is 0 Å². The van der Waals surface area contributed by atoms with E-state index in [1.54, 1.807) is 4.90 Å². The Bertz CT molecular complexity index is 1290. The van der Waals surface area contributed by atoms with Gasteiger partial charge in [0.25, 0.3) is 11.7 Å². The zero-order valence-electron chi connectivity index (χ0n) is 20.9. The van der Waals surface area contributed by atoms with E-state index in [9.17, 15) is 14.7 Å². The molecule has 3 aromatic rings. The zero-order chi connectivity index (χ0) is 25.3.